The molecule has 0 saturated heterocycles. The van der Waals surface area contributed by atoms with E-state index in [1.165, 1.54) is 0 Å². The molecular weight excluding hydrogens is 190 g/mol. The van der Waals surface area contributed by atoms with E-state index in [9.17, 15) is 4.79 Å². The first-order valence-electron chi connectivity index (χ1n) is 5.57. The molecule has 0 bridgehead atoms. The number of rotatable bonds is 5. The molecule has 0 aliphatic rings. The minimum Gasteiger partial charge on any atom is -0.383 e. The molecule has 0 aliphatic carbocycles. The van der Waals surface area contributed by atoms with E-state index in [1.54, 1.807) is 7.11 Å². The van der Waals surface area contributed by atoms with Gasteiger partial charge >= 0.3 is 0 Å². The predicted octanol–water partition coefficient (Wildman–Crippen LogP) is 2.07. The van der Waals surface area contributed by atoms with E-state index >= 15 is 0 Å². The molecule has 3 nitrogen and oxygen atoms in total. The van der Waals surface area contributed by atoms with Crippen LogP contribution in [0.1, 0.15) is 34.6 Å². The average Bonchev–Trinajstić information content (AvgIpc) is 2.00. The van der Waals surface area contributed by atoms with E-state index in [-0.39, 0.29) is 17.2 Å². The maximum atomic E-state index is 11.9. The number of carbonyl (C=O) groups excluding carboxylic acids is 1. The van der Waals surface area contributed by atoms with Crippen LogP contribution in [0.4, 0.5) is 0 Å². The molecule has 1 atom stereocenters. The molecular formula is C12H25NO2. The van der Waals surface area contributed by atoms with Crippen molar-refractivity contribution < 1.29 is 9.53 Å². The van der Waals surface area contributed by atoms with Crippen molar-refractivity contribution in [3.05, 3.63) is 0 Å². The lowest BCUT2D eigenvalue weighted by atomic mass is 9.74. The highest BCUT2D eigenvalue weighted by atomic mass is 16.5. The van der Waals surface area contributed by atoms with Gasteiger partial charge in [-0.05, 0) is 11.3 Å². The van der Waals surface area contributed by atoms with Gasteiger partial charge in [0.1, 0.15) is 0 Å². The van der Waals surface area contributed by atoms with E-state index in [1.807, 2.05) is 0 Å². The van der Waals surface area contributed by atoms with E-state index in [0.29, 0.717) is 19.1 Å². The highest BCUT2D eigenvalue weighted by molar-refractivity contribution is 5.79. The minimum absolute atomic E-state index is 0.00528. The van der Waals surface area contributed by atoms with Gasteiger partial charge in [0.15, 0.2) is 0 Å². The molecule has 15 heavy (non-hydrogen) atoms. The Morgan fingerprint density at radius 3 is 2.20 bits per heavy atom. The molecule has 0 fully saturated rings. The normalized spacial score (nSPS) is 14.1. The highest BCUT2D eigenvalue weighted by Crippen LogP contribution is 2.31. The lowest BCUT2D eigenvalue weighted by Gasteiger charge is -2.32. The first kappa shape index (κ1) is 14.4. The topological polar surface area (TPSA) is 38.3 Å². The first-order chi connectivity index (χ1) is 6.80. The highest BCUT2D eigenvalue weighted by Gasteiger charge is 2.33. The Morgan fingerprint density at radius 2 is 1.87 bits per heavy atom. The monoisotopic (exact) mass is 215 g/mol. The van der Waals surface area contributed by atoms with Crippen molar-refractivity contribution in [2.24, 2.45) is 17.3 Å². The summed E-state index contributed by atoms with van der Waals surface area (Å²) in [5.74, 6) is 0.538. The molecule has 0 spiro atoms. The predicted molar refractivity (Wildman–Crippen MR) is 62.7 cm³/mol. The molecule has 0 aromatic heterocycles. The van der Waals surface area contributed by atoms with Crippen molar-refractivity contribution in [2.45, 2.75) is 34.6 Å². The minimum atomic E-state index is 0.00528. The molecule has 0 saturated carbocycles. The molecule has 1 amide bonds. The second-order valence-corrected chi connectivity index (χ2v) is 5.37. The molecule has 0 heterocycles. The second-order valence-electron chi connectivity index (χ2n) is 5.37. The largest absolute Gasteiger partial charge is 0.383 e. The Kier molecular flexibility index (Phi) is 5.88. The summed E-state index contributed by atoms with van der Waals surface area (Å²) in [5.41, 5.74) is 0.00528. The molecule has 1 unspecified atom stereocenters. The van der Waals surface area contributed by atoms with E-state index < -0.39 is 0 Å². The fraction of sp³-hybridized carbons (Fsp3) is 0.917. The quantitative estimate of drug-likeness (QED) is 0.713. The maximum Gasteiger partial charge on any atom is 0.223 e. The molecule has 0 aliphatic heterocycles. The van der Waals surface area contributed by atoms with Crippen LogP contribution in [0.15, 0.2) is 0 Å². The molecule has 1 N–H and O–H groups in total. The molecule has 0 radical (unpaired) electrons. The number of hydrogen-bond donors (Lipinski definition) is 1. The van der Waals surface area contributed by atoms with Gasteiger partial charge in [-0.15, -0.1) is 0 Å². The summed E-state index contributed by atoms with van der Waals surface area (Å²) in [4.78, 5) is 11.9. The number of ether oxygens (including phenoxy) is 1. The standard InChI is InChI=1S/C12H25NO2/c1-9(2)10(12(3,4)5)11(14)13-7-8-15-6/h9-10H,7-8H2,1-6H3,(H,13,14). The summed E-state index contributed by atoms with van der Waals surface area (Å²) in [6.07, 6.45) is 0. The summed E-state index contributed by atoms with van der Waals surface area (Å²) in [6.45, 7) is 11.7. The molecule has 0 aromatic rings. The second kappa shape index (κ2) is 6.11. The lowest BCUT2D eigenvalue weighted by Crippen LogP contribution is -2.41. The fourth-order valence-corrected chi connectivity index (χ4v) is 2.08. The van der Waals surface area contributed by atoms with E-state index in [4.69, 9.17) is 4.74 Å². The Labute approximate surface area is 93.6 Å². The van der Waals surface area contributed by atoms with Gasteiger partial charge in [-0.2, -0.15) is 0 Å². The number of methoxy groups -OCH3 is 1. The molecule has 0 aromatic carbocycles. The third kappa shape index (κ3) is 5.17. The lowest BCUT2D eigenvalue weighted by molar-refractivity contribution is -0.130. The van der Waals surface area contributed by atoms with Crippen molar-refractivity contribution in [2.75, 3.05) is 20.3 Å². The van der Waals surface area contributed by atoms with Crippen molar-refractivity contribution in [1.29, 1.82) is 0 Å². The number of carbonyl (C=O) groups is 1. The van der Waals surface area contributed by atoms with Gasteiger partial charge in [-0.1, -0.05) is 34.6 Å². The van der Waals surface area contributed by atoms with Crippen LogP contribution in [-0.2, 0) is 9.53 Å². The van der Waals surface area contributed by atoms with Crippen LogP contribution >= 0.6 is 0 Å². The van der Waals surface area contributed by atoms with Gasteiger partial charge in [0, 0.05) is 19.6 Å². The van der Waals surface area contributed by atoms with E-state index in [0.717, 1.165) is 0 Å². The average molecular weight is 215 g/mol. The number of nitrogens with one attached hydrogen (secondary N) is 1. The van der Waals surface area contributed by atoms with Crippen molar-refractivity contribution in [1.82, 2.24) is 5.32 Å². The van der Waals surface area contributed by atoms with Crippen molar-refractivity contribution in [3.63, 3.8) is 0 Å². The smallest absolute Gasteiger partial charge is 0.223 e. The summed E-state index contributed by atoms with van der Waals surface area (Å²) in [6, 6.07) is 0. The summed E-state index contributed by atoms with van der Waals surface area (Å²) < 4.78 is 4.90. The summed E-state index contributed by atoms with van der Waals surface area (Å²) in [7, 11) is 1.63. The zero-order valence-corrected chi connectivity index (χ0v) is 10.9. The molecule has 0 rings (SSSR count). The van der Waals surface area contributed by atoms with Crippen LogP contribution in [0.3, 0.4) is 0 Å². The van der Waals surface area contributed by atoms with Gasteiger partial charge in [0.25, 0.3) is 0 Å². The SMILES string of the molecule is COCCNC(=O)C(C(C)C)C(C)(C)C. The van der Waals surface area contributed by atoms with E-state index in [2.05, 4.69) is 39.9 Å². The van der Waals surface area contributed by atoms with Crippen molar-refractivity contribution in [3.8, 4) is 0 Å². The fourth-order valence-electron chi connectivity index (χ4n) is 2.08. The zero-order chi connectivity index (χ0) is 12.1. The zero-order valence-electron chi connectivity index (χ0n) is 10.9. The van der Waals surface area contributed by atoms with Gasteiger partial charge in [-0.25, -0.2) is 0 Å². The maximum absolute atomic E-state index is 11.9. The third-order valence-electron chi connectivity index (χ3n) is 2.49. The summed E-state index contributed by atoms with van der Waals surface area (Å²) in [5, 5.41) is 2.91. The van der Waals surface area contributed by atoms with Crippen LogP contribution in [0.2, 0.25) is 0 Å². The van der Waals surface area contributed by atoms with Crippen LogP contribution in [0.25, 0.3) is 0 Å². The Morgan fingerprint density at radius 1 is 1.33 bits per heavy atom. The molecule has 90 valence electrons. The first-order valence-corrected chi connectivity index (χ1v) is 5.57. The Hall–Kier alpha value is -0.570. The van der Waals surface area contributed by atoms with Gasteiger partial charge in [-0.3, -0.25) is 4.79 Å². The third-order valence-corrected chi connectivity index (χ3v) is 2.49. The van der Waals surface area contributed by atoms with Crippen LogP contribution in [0.5, 0.6) is 0 Å². The Bertz CT molecular complexity index is 194. The summed E-state index contributed by atoms with van der Waals surface area (Å²) >= 11 is 0. The van der Waals surface area contributed by atoms with Crippen LogP contribution in [0, 0.1) is 17.3 Å². The van der Waals surface area contributed by atoms with Gasteiger partial charge in [0.05, 0.1) is 6.61 Å². The van der Waals surface area contributed by atoms with Crippen LogP contribution in [-0.4, -0.2) is 26.2 Å². The van der Waals surface area contributed by atoms with Gasteiger partial charge < -0.3 is 10.1 Å². The van der Waals surface area contributed by atoms with Gasteiger partial charge in [0.2, 0.25) is 5.91 Å². The van der Waals surface area contributed by atoms with Crippen molar-refractivity contribution >= 4 is 5.91 Å². The molecule has 3 heteroatoms. The number of amides is 1. The van der Waals surface area contributed by atoms with Crippen LogP contribution < -0.4 is 5.32 Å². The number of hydrogen-bond acceptors (Lipinski definition) is 2. The Balaban J connectivity index is 4.32.